The summed E-state index contributed by atoms with van der Waals surface area (Å²) in [4.78, 5) is 2.68. The van der Waals surface area contributed by atoms with Crippen molar-refractivity contribution in [3.63, 3.8) is 0 Å². The Morgan fingerprint density at radius 2 is 1.67 bits per heavy atom. The van der Waals surface area contributed by atoms with Gasteiger partial charge >= 0.3 is 0 Å². The van der Waals surface area contributed by atoms with Crippen LogP contribution in [0.25, 0.3) is 0 Å². The minimum absolute atomic E-state index is 0.105. The molecule has 0 aromatic rings. The first-order valence-electron chi connectivity index (χ1n) is 8.98. The van der Waals surface area contributed by atoms with Gasteiger partial charge in [0.15, 0.2) is 0 Å². The minimum atomic E-state index is -0.197. The lowest BCUT2D eigenvalue weighted by Crippen LogP contribution is -2.51. The van der Waals surface area contributed by atoms with Crippen molar-refractivity contribution >= 4 is 0 Å². The van der Waals surface area contributed by atoms with Gasteiger partial charge in [0, 0.05) is 25.0 Å². The number of rotatable bonds is 2. The molecule has 2 aliphatic heterocycles. The fourth-order valence-corrected chi connectivity index (χ4v) is 5.19. The molecule has 1 aliphatic carbocycles. The molecule has 122 valence electrons. The number of fused-ring (bicyclic) bond motifs is 1. The minimum Gasteiger partial charge on any atom is -0.368 e. The predicted octanol–water partition coefficient (Wildman–Crippen LogP) is 3.03. The van der Waals surface area contributed by atoms with Gasteiger partial charge in [0.1, 0.15) is 0 Å². The molecule has 1 saturated carbocycles. The van der Waals surface area contributed by atoms with E-state index < -0.39 is 0 Å². The first-order chi connectivity index (χ1) is 9.79. The number of hydrogen-bond acceptors (Lipinski definition) is 3. The number of nitrogens with zero attached hydrogens (tertiary/aromatic N) is 1. The first-order valence-corrected chi connectivity index (χ1v) is 8.98. The molecule has 3 aliphatic rings. The van der Waals surface area contributed by atoms with Crippen molar-refractivity contribution in [2.75, 3.05) is 19.6 Å². The van der Waals surface area contributed by atoms with E-state index in [2.05, 4.69) is 32.6 Å². The molecule has 0 radical (unpaired) electrons. The lowest BCUT2D eigenvalue weighted by atomic mass is 9.74. The van der Waals surface area contributed by atoms with E-state index in [1.54, 1.807) is 0 Å². The van der Waals surface area contributed by atoms with E-state index in [0.29, 0.717) is 5.92 Å². The first kappa shape index (κ1) is 15.8. The van der Waals surface area contributed by atoms with Crippen LogP contribution in [0.2, 0.25) is 0 Å². The Labute approximate surface area is 130 Å². The highest BCUT2D eigenvalue weighted by atomic mass is 16.5. The summed E-state index contributed by atoms with van der Waals surface area (Å²) >= 11 is 0. The lowest BCUT2D eigenvalue weighted by Gasteiger charge is -2.43. The van der Waals surface area contributed by atoms with Crippen LogP contribution in [0.15, 0.2) is 0 Å². The van der Waals surface area contributed by atoms with E-state index in [1.165, 1.54) is 45.2 Å². The van der Waals surface area contributed by atoms with Gasteiger partial charge in [-0.05, 0) is 58.9 Å². The van der Waals surface area contributed by atoms with Gasteiger partial charge < -0.3 is 15.4 Å². The topological polar surface area (TPSA) is 38.5 Å². The zero-order chi connectivity index (χ0) is 15.3. The van der Waals surface area contributed by atoms with Gasteiger partial charge in [-0.1, -0.05) is 19.3 Å². The Morgan fingerprint density at radius 1 is 1.00 bits per heavy atom. The number of hydrogen-bond donors (Lipinski definition) is 1. The highest BCUT2D eigenvalue weighted by Crippen LogP contribution is 2.43. The van der Waals surface area contributed by atoms with Crippen molar-refractivity contribution < 1.29 is 4.74 Å². The van der Waals surface area contributed by atoms with E-state index in [4.69, 9.17) is 10.5 Å². The SMILES string of the molecule is CC1(C)OC(C)(C)C(CN2CCC3CCCCC3C2)C1N. The Bertz CT molecular complexity index is 379. The summed E-state index contributed by atoms with van der Waals surface area (Å²) in [6.45, 7) is 12.4. The van der Waals surface area contributed by atoms with E-state index in [1.807, 2.05) is 0 Å². The normalized spacial score (nSPS) is 42.7. The van der Waals surface area contributed by atoms with Crippen molar-refractivity contribution in [3.8, 4) is 0 Å². The van der Waals surface area contributed by atoms with Gasteiger partial charge in [-0.15, -0.1) is 0 Å². The summed E-state index contributed by atoms with van der Waals surface area (Å²) in [5, 5.41) is 0. The molecular formula is C18H34N2O. The molecule has 3 nitrogen and oxygen atoms in total. The highest BCUT2D eigenvalue weighted by Gasteiger charge is 2.52. The van der Waals surface area contributed by atoms with Crippen LogP contribution >= 0.6 is 0 Å². The van der Waals surface area contributed by atoms with Gasteiger partial charge in [0.25, 0.3) is 0 Å². The summed E-state index contributed by atoms with van der Waals surface area (Å²) in [7, 11) is 0. The average molecular weight is 294 g/mol. The molecule has 2 N–H and O–H groups in total. The Hall–Kier alpha value is -0.120. The maximum atomic E-state index is 6.53. The second kappa shape index (κ2) is 5.50. The molecule has 3 rings (SSSR count). The van der Waals surface area contributed by atoms with Gasteiger partial charge in [-0.3, -0.25) is 0 Å². The molecule has 4 atom stereocenters. The average Bonchev–Trinajstić information content (AvgIpc) is 2.57. The smallest absolute Gasteiger partial charge is 0.0788 e. The van der Waals surface area contributed by atoms with E-state index >= 15 is 0 Å². The van der Waals surface area contributed by atoms with Crippen LogP contribution in [-0.2, 0) is 4.74 Å². The molecule has 0 bridgehead atoms. The largest absolute Gasteiger partial charge is 0.368 e. The summed E-state index contributed by atoms with van der Waals surface area (Å²) in [5.41, 5.74) is 6.23. The van der Waals surface area contributed by atoms with Crippen molar-refractivity contribution in [1.29, 1.82) is 0 Å². The highest BCUT2D eigenvalue weighted by molar-refractivity contribution is 5.05. The Balaban J connectivity index is 1.64. The zero-order valence-electron chi connectivity index (χ0n) is 14.4. The van der Waals surface area contributed by atoms with Crippen LogP contribution in [-0.4, -0.2) is 41.8 Å². The molecule has 0 aromatic carbocycles. The van der Waals surface area contributed by atoms with Crippen molar-refractivity contribution in [3.05, 3.63) is 0 Å². The summed E-state index contributed by atoms with van der Waals surface area (Å²) < 4.78 is 6.26. The van der Waals surface area contributed by atoms with Crippen LogP contribution in [0, 0.1) is 17.8 Å². The Morgan fingerprint density at radius 3 is 2.29 bits per heavy atom. The molecule has 0 aromatic heterocycles. The van der Waals surface area contributed by atoms with Gasteiger partial charge in [0.2, 0.25) is 0 Å². The Kier molecular flexibility index (Phi) is 4.13. The van der Waals surface area contributed by atoms with Crippen LogP contribution in [0.5, 0.6) is 0 Å². The molecule has 0 amide bonds. The fraction of sp³-hybridized carbons (Fsp3) is 1.00. The molecule has 3 heteroatoms. The van der Waals surface area contributed by atoms with Crippen LogP contribution in [0.3, 0.4) is 0 Å². The van der Waals surface area contributed by atoms with Crippen LogP contribution in [0.1, 0.15) is 59.8 Å². The van der Waals surface area contributed by atoms with Crippen molar-refractivity contribution in [2.24, 2.45) is 23.5 Å². The van der Waals surface area contributed by atoms with Gasteiger partial charge in [-0.25, -0.2) is 0 Å². The third kappa shape index (κ3) is 3.02. The van der Waals surface area contributed by atoms with Crippen LogP contribution < -0.4 is 5.73 Å². The molecule has 0 spiro atoms. The monoisotopic (exact) mass is 294 g/mol. The summed E-state index contributed by atoms with van der Waals surface area (Å²) in [6, 6.07) is 0.136. The second-order valence-corrected chi connectivity index (χ2v) is 8.79. The van der Waals surface area contributed by atoms with Gasteiger partial charge in [0.05, 0.1) is 11.2 Å². The molecular weight excluding hydrogens is 260 g/mol. The summed E-state index contributed by atoms with van der Waals surface area (Å²) in [5.74, 6) is 2.39. The van der Waals surface area contributed by atoms with E-state index in [0.717, 1.165) is 18.4 Å². The van der Waals surface area contributed by atoms with Gasteiger partial charge in [-0.2, -0.15) is 0 Å². The number of nitrogens with two attached hydrogens (primary N) is 1. The van der Waals surface area contributed by atoms with E-state index in [9.17, 15) is 0 Å². The third-order valence-electron chi connectivity index (χ3n) is 6.49. The fourth-order valence-electron chi connectivity index (χ4n) is 5.19. The lowest BCUT2D eigenvalue weighted by molar-refractivity contribution is -0.0797. The van der Waals surface area contributed by atoms with Crippen molar-refractivity contribution in [1.82, 2.24) is 4.90 Å². The molecule has 4 unspecified atom stereocenters. The van der Waals surface area contributed by atoms with Crippen LogP contribution in [0.4, 0.5) is 0 Å². The van der Waals surface area contributed by atoms with E-state index in [-0.39, 0.29) is 17.2 Å². The summed E-state index contributed by atoms with van der Waals surface area (Å²) in [6.07, 6.45) is 7.23. The second-order valence-electron chi connectivity index (χ2n) is 8.79. The van der Waals surface area contributed by atoms with Crippen molar-refractivity contribution in [2.45, 2.75) is 77.0 Å². The molecule has 21 heavy (non-hydrogen) atoms. The quantitative estimate of drug-likeness (QED) is 0.851. The maximum absolute atomic E-state index is 6.53. The molecule has 2 saturated heterocycles. The third-order valence-corrected chi connectivity index (χ3v) is 6.49. The number of piperidine rings is 1. The number of ether oxygens (including phenoxy) is 1. The standard InChI is InChI=1S/C18H34N2O/c1-17(2)15(16(19)18(3,4)21-17)12-20-10-9-13-7-5-6-8-14(13)11-20/h13-16H,5-12,19H2,1-4H3. The molecule has 3 fully saturated rings. The number of likely N-dealkylation sites (tertiary alicyclic amines) is 1. The zero-order valence-corrected chi connectivity index (χ0v) is 14.4. The maximum Gasteiger partial charge on any atom is 0.0788 e. The predicted molar refractivity (Wildman–Crippen MR) is 87.2 cm³/mol. The molecule has 2 heterocycles.